The Morgan fingerprint density at radius 2 is 2.15 bits per heavy atom. The van der Waals surface area contributed by atoms with Crippen LogP contribution < -0.4 is 10.6 Å². The van der Waals surface area contributed by atoms with Gasteiger partial charge in [-0.25, -0.2) is 0 Å². The van der Waals surface area contributed by atoms with Crippen molar-refractivity contribution in [3.05, 3.63) is 42.1 Å². The van der Waals surface area contributed by atoms with Crippen molar-refractivity contribution >= 4 is 16.8 Å². The molecule has 0 radical (unpaired) electrons. The zero-order valence-corrected chi connectivity index (χ0v) is 12.0. The van der Waals surface area contributed by atoms with E-state index in [2.05, 4.69) is 35.5 Å². The molecule has 0 fully saturated rings. The molecule has 0 bridgehead atoms. The van der Waals surface area contributed by atoms with Gasteiger partial charge >= 0.3 is 0 Å². The van der Waals surface area contributed by atoms with Crippen LogP contribution >= 0.6 is 0 Å². The number of amides is 1. The molecule has 2 rings (SSSR count). The van der Waals surface area contributed by atoms with Gasteiger partial charge in [0.05, 0.1) is 12.1 Å². The SMILES string of the molecule is CC(C)CNC(=O)CNCc1ccc2ncccc2c1. The number of hydrogen-bond donors (Lipinski definition) is 2. The van der Waals surface area contributed by atoms with Crippen molar-refractivity contribution in [3.8, 4) is 0 Å². The van der Waals surface area contributed by atoms with Crippen LogP contribution in [0.4, 0.5) is 0 Å². The molecule has 0 saturated heterocycles. The summed E-state index contributed by atoms with van der Waals surface area (Å²) < 4.78 is 0. The highest BCUT2D eigenvalue weighted by molar-refractivity contribution is 5.79. The lowest BCUT2D eigenvalue weighted by molar-refractivity contribution is -0.120. The van der Waals surface area contributed by atoms with Gasteiger partial charge in [-0.3, -0.25) is 9.78 Å². The van der Waals surface area contributed by atoms with E-state index in [1.165, 1.54) is 0 Å². The lowest BCUT2D eigenvalue weighted by atomic mass is 10.1. The second-order valence-electron chi connectivity index (χ2n) is 5.33. The number of carbonyl (C=O) groups is 1. The molecule has 0 aliphatic carbocycles. The minimum Gasteiger partial charge on any atom is -0.355 e. The Bertz CT molecular complexity index is 581. The van der Waals surface area contributed by atoms with E-state index in [-0.39, 0.29) is 5.91 Å². The van der Waals surface area contributed by atoms with E-state index >= 15 is 0 Å². The van der Waals surface area contributed by atoms with Gasteiger partial charge in [0, 0.05) is 24.7 Å². The van der Waals surface area contributed by atoms with E-state index < -0.39 is 0 Å². The minimum atomic E-state index is 0.0427. The molecule has 20 heavy (non-hydrogen) atoms. The second kappa shape index (κ2) is 7.01. The van der Waals surface area contributed by atoms with Crippen LogP contribution in [0.15, 0.2) is 36.5 Å². The molecule has 2 N–H and O–H groups in total. The predicted molar refractivity (Wildman–Crippen MR) is 81.3 cm³/mol. The van der Waals surface area contributed by atoms with Gasteiger partial charge < -0.3 is 10.6 Å². The van der Waals surface area contributed by atoms with Crippen molar-refractivity contribution in [1.29, 1.82) is 0 Å². The van der Waals surface area contributed by atoms with Gasteiger partial charge in [-0.15, -0.1) is 0 Å². The van der Waals surface area contributed by atoms with Crippen LogP contribution in [-0.4, -0.2) is 24.0 Å². The van der Waals surface area contributed by atoms with Crippen molar-refractivity contribution in [3.63, 3.8) is 0 Å². The molecule has 1 heterocycles. The van der Waals surface area contributed by atoms with E-state index in [1.54, 1.807) is 6.20 Å². The molecule has 0 aliphatic rings. The van der Waals surface area contributed by atoms with E-state index in [0.717, 1.165) is 23.0 Å². The van der Waals surface area contributed by atoms with Gasteiger partial charge in [-0.05, 0) is 29.7 Å². The van der Waals surface area contributed by atoms with Crippen molar-refractivity contribution in [1.82, 2.24) is 15.6 Å². The molecule has 106 valence electrons. The summed E-state index contributed by atoms with van der Waals surface area (Å²) in [6.07, 6.45) is 1.79. The number of nitrogens with one attached hydrogen (secondary N) is 2. The molecule has 1 aromatic heterocycles. The van der Waals surface area contributed by atoms with Crippen molar-refractivity contribution < 1.29 is 4.79 Å². The van der Waals surface area contributed by atoms with Gasteiger partial charge in [0.2, 0.25) is 5.91 Å². The largest absolute Gasteiger partial charge is 0.355 e. The molecule has 2 aromatic rings. The third-order valence-electron chi connectivity index (χ3n) is 2.99. The number of rotatable bonds is 6. The van der Waals surface area contributed by atoms with Gasteiger partial charge in [0.15, 0.2) is 0 Å². The number of nitrogens with zero attached hydrogens (tertiary/aromatic N) is 1. The summed E-state index contributed by atoms with van der Waals surface area (Å²) >= 11 is 0. The summed E-state index contributed by atoms with van der Waals surface area (Å²) in [5.74, 6) is 0.521. The summed E-state index contributed by atoms with van der Waals surface area (Å²) in [7, 11) is 0. The number of benzene rings is 1. The van der Waals surface area contributed by atoms with Gasteiger partial charge in [0.1, 0.15) is 0 Å². The van der Waals surface area contributed by atoms with Gasteiger partial charge in [0.25, 0.3) is 0 Å². The molecule has 0 unspecified atom stereocenters. The Balaban J connectivity index is 1.82. The van der Waals surface area contributed by atoms with Crippen LogP contribution in [0.3, 0.4) is 0 Å². The van der Waals surface area contributed by atoms with E-state index in [1.807, 2.05) is 24.3 Å². The monoisotopic (exact) mass is 271 g/mol. The Morgan fingerprint density at radius 1 is 1.30 bits per heavy atom. The normalized spacial score (nSPS) is 10.9. The smallest absolute Gasteiger partial charge is 0.233 e. The number of fused-ring (bicyclic) bond motifs is 1. The third-order valence-corrected chi connectivity index (χ3v) is 2.99. The fourth-order valence-electron chi connectivity index (χ4n) is 1.94. The molecule has 4 heteroatoms. The molecular weight excluding hydrogens is 250 g/mol. The average Bonchev–Trinajstić information content (AvgIpc) is 2.45. The fourth-order valence-corrected chi connectivity index (χ4v) is 1.94. The molecule has 0 atom stereocenters. The first-order valence-electron chi connectivity index (χ1n) is 6.96. The number of hydrogen-bond acceptors (Lipinski definition) is 3. The van der Waals surface area contributed by atoms with E-state index in [0.29, 0.717) is 19.0 Å². The number of pyridine rings is 1. The lowest BCUT2D eigenvalue weighted by Crippen LogP contribution is -2.35. The van der Waals surface area contributed by atoms with Crippen molar-refractivity contribution in [2.24, 2.45) is 5.92 Å². The zero-order valence-electron chi connectivity index (χ0n) is 12.0. The molecule has 0 saturated carbocycles. The van der Waals surface area contributed by atoms with Crippen LogP contribution in [0.25, 0.3) is 10.9 Å². The topological polar surface area (TPSA) is 54.0 Å². The molecule has 0 aliphatic heterocycles. The van der Waals surface area contributed by atoms with Crippen molar-refractivity contribution in [2.45, 2.75) is 20.4 Å². The highest BCUT2D eigenvalue weighted by Gasteiger charge is 2.02. The predicted octanol–water partition coefficient (Wildman–Crippen LogP) is 2.10. The first-order chi connectivity index (χ1) is 9.65. The number of carbonyl (C=O) groups excluding carboxylic acids is 1. The first-order valence-corrected chi connectivity index (χ1v) is 6.96. The van der Waals surface area contributed by atoms with Gasteiger partial charge in [-0.2, -0.15) is 0 Å². The Kier molecular flexibility index (Phi) is 5.07. The minimum absolute atomic E-state index is 0.0427. The molecule has 4 nitrogen and oxygen atoms in total. The Hall–Kier alpha value is -1.94. The van der Waals surface area contributed by atoms with Crippen LogP contribution in [0.1, 0.15) is 19.4 Å². The Morgan fingerprint density at radius 3 is 2.95 bits per heavy atom. The van der Waals surface area contributed by atoms with Crippen LogP contribution in [0, 0.1) is 5.92 Å². The second-order valence-corrected chi connectivity index (χ2v) is 5.33. The summed E-state index contributed by atoms with van der Waals surface area (Å²) in [5, 5.41) is 7.17. The fraction of sp³-hybridized carbons (Fsp3) is 0.375. The summed E-state index contributed by atoms with van der Waals surface area (Å²) in [5.41, 5.74) is 2.15. The maximum absolute atomic E-state index is 11.6. The standard InChI is InChI=1S/C16H21N3O/c1-12(2)9-19-16(20)11-17-10-13-5-6-15-14(8-13)4-3-7-18-15/h3-8,12,17H,9-11H2,1-2H3,(H,19,20). The number of aromatic nitrogens is 1. The zero-order chi connectivity index (χ0) is 14.4. The molecule has 1 amide bonds. The summed E-state index contributed by atoms with van der Waals surface area (Å²) in [6.45, 7) is 5.91. The van der Waals surface area contributed by atoms with Gasteiger partial charge in [-0.1, -0.05) is 26.0 Å². The average molecular weight is 271 g/mol. The highest BCUT2D eigenvalue weighted by Crippen LogP contribution is 2.12. The lowest BCUT2D eigenvalue weighted by Gasteiger charge is -2.09. The quantitative estimate of drug-likeness (QED) is 0.846. The highest BCUT2D eigenvalue weighted by atomic mass is 16.1. The van der Waals surface area contributed by atoms with Crippen LogP contribution in [-0.2, 0) is 11.3 Å². The summed E-state index contributed by atoms with van der Waals surface area (Å²) in [6, 6.07) is 10.1. The molecular formula is C16H21N3O. The van der Waals surface area contributed by atoms with E-state index in [4.69, 9.17) is 0 Å². The molecule has 0 spiro atoms. The van der Waals surface area contributed by atoms with Crippen LogP contribution in [0.5, 0.6) is 0 Å². The third kappa shape index (κ3) is 4.31. The molecule has 1 aromatic carbocycles. The van der Waals surface area contributed by atoms with Crippen LogP contribution in [0.2, 0.25) is 0 Å². The maximum atomic E-state index is 11.6. The summed E-state index contributed by atoms with van der Waals surface area (Å²) in [4.78, 5) is 15.9. The first kappa shape index (κ1) is 14.5. The Labute approximate surface area is 119 Å². The van der Waals surface area contributed by atoms with Crippen molar-refractivity contribution in [2.75, 3.05) is 13.1 Å². The maximum Gasteiger partial charge on any atom is 0.233 e. The van der Waals surface area contributed by atoms with E-state index in [9.17, 15) is 4.79 Å².